The van der Waals surface area contributed by atoms with Crippen LogP contribution in [0.5, 0.6) is 11.5 Å². The number of benzene rings is 1. The minimum atomic E-state index is -0.401. The van der Waals surface area contributed by atoms with Crippen molar-refractivity contribution in [1.82, 2.24) is 25.0 Å². The monoisotopic (exact) mass is 416 g/mol. The highest BCUT2D eigenvalue weighted by Crippen LogP contribution is 2.31. The number of fused-ring (bicyclic) bond motifs is 1. The average molecular weight is 417 g/mol. The third-order valence-electron chi connectivity index (χ3n) is 3.54. The van der Waals surface area contributed by atoms with Crippen molar-refractivity contribution < 1.29 is 14.3 Å². The molecular weight excluding hydrogens is 404 g/mol. The molecule has 2 aromatic heterocycles. The van der Waals surface area contributed by atoms with E-state index in [1.807, 2.05) is 12.3 Å². The van der Waals surface area contributed by atoms with E-state index < -0.39 is 5.91 Å². The van der Waals surface area contributed by atoms with Gasteiger partial charge < -0.3 is 9.47 Å². The van der Waals surface area contributed by atoms with Crippen LogP contribution < -0.4 is 14.9 Å². The Bertz CT molecular complexity index is 980. The highest BCUT2D eigenvalue weighted by molar-refractivity contribution is 9.10. The lowest BCUT2D eigenvalue weighted by Gasteiger charge is -2.01. The molecule has 1 amide bonds. The Labute approximate surface area is 156 Å². The van der Waals surface area contributed by atoms with Crippen LogP contribution in [-0.4, -0.2) is 38.5 Å². The maximum atomic E-state index is 12.1. The van der Waals surface area contributed by atoms with Crippen LogP contribution in [0.25, 0.3) is 0 Å². The number of aromatic nitrogens is 4. The number of halogens is 1. The molecule has 1 aromatic carbocycles. The molecule has 10 heteroatoms. The highest BCUT2D eigenvalue weighted by Gasteiger charge is 2.13. The summed E-state index contributed by atoms with van der Waals surface area (Å²) < 4.78 is 14.7. The zero-order chi connectivity index (χ0) is 17.9. The Kier molecular flexibility index (Phi) is 4.40. The molecule has 26 heavy (non-hydrogen) atoms. The van der Waals surface area contributed by atoms with E-state index in [9.17, 15) is 4.79 Å². The quantitative estimate of drug-likeness (QED) is 0.505. The summed E-state index contributed by atoms with van der Waals surface area (Å²) in [5.74, 6) is 0.951. The van der Waals surface area contributed by atoms with Gasteiger partial charge in [-0.3, -0.25) is 9.48 Å². The third-order valence-corrected chi connectivity index (χ3v) is 3.95. The summed E-state index contributed by atoms with van der Waals surface area (Å²) in [7, 11) is 0. The second-order valence-corrected chi connectivity index (χ2v) is 6.31. The lowest BCUT2D eigenvalue weighted by atomic mass is 10.2. The van der Waals surface area contributed by atoms with Crippen LogP contribution in [0.2, 0.25) is 0 Å². The summed E-state index contributed by atoms with van der Waals surface area (Å²) >= 11 is 3.33. The van der Waals surface area contributed by atoms with Gasteiger partial charge in [-0.2, -0.15) is 15.3 Å². The molecule has 1 aliphatic heterocycles. The number of rotatable bonds is 5. The lowest BCUT2D eigenvalue weighted by molar-refractivity contribution is 0.0949. The minimum Gasteiger partial charge on any atom is -0.454 e. The van der Waals surface area contributed by atoms with Gasteiger partial charge in [0.25, 0.3) is 5.91 Å². The molecule has 1 N–H and O–H groups in total. The van der Waals surface area contributed by atoms with Crippen molar-refractivity contribution in [3.8, 4) is 11.5 Å². The number of hydrogen-bond donors (Lipinski definition) is 1. The molecule has 4 rings (SSSR count). The molecule has 0 saturated carbocycles. The van der Waals surface area contributed by atoms with Crippen LogP contribution in [0.4, 0.5) is 0 Å². The molecule has 3 aromatic rings. The van der Waals surface area contributed by atoms with E-state index in [-0.39, 0.29) is 12.5 Å². The molecule has 0 bridgehead atoms. The third kappa shape index (κ3) is 3.59. The van der Waals surface area contributed by atoms with Crippen molar-refractivity contribution in [3.63, 3.8) is 0 Å². The van der Waals surface area contributed by atoms with Crippen LogP contribution in [0.1, 0.15) is 16.1 Å². The molecule has 1 aliphatic rings. The Morgan fingerprint density at radius 3 is 3.04 bits per heavy atom. The maximum Gasteiger partial charge on any atom is 0.291 e. The van der Waals surface area contributed by atoms with Gasteiger partial charge in [0, 0.05) is 12.4 Å². The number of nitrogens with one attached hydrogen (secondary N) is 1. The van der Waals surface area contributed by atoms with Crippen LogP contribution >= 0.6 is 15.9 Å². The second-order valence-electron chi connectivity index (χ2n) is 5.39. The Morgan fingerprint density at radius 2 is 2.19 bits per heavy atom. The molecule has 3 heterocycles. The number of nitrogens with zero attached hydrogens (tertiary/aromatic N) is 5. The molecule has 9 nitrogen and oxygen atoms in total. The van der Waals surface area contributed by atoms with Crippen molar-refractivity contribution in [1.29, 1.82) is 0 Å². The van der Waals surface area contributed by atoms with Crippen molar-refractivity contribution >= 4 is 28.1 Å². The standard InChI is InChI=1S/C16H13BrN6O3/c17-12-7-19-23(8-12)9-22-4-3-13(21-22)16(24)20-18-6-11-1-2-14-15(5-11)26-10-25-14/h1-8H,9-10H2,(H,20,24)/b18-6-. The molecule has 0 atom stereocenters. The van der Waals surface area contributed by atoms with Gasteiger partial charge in [0.15, 0.2) is 17.2 Å². The topological polar surface area (TPSA) is 95.6 Å². The van der Waals surface area contributed by atoms with Crippen LogP contribution in [-0.2, 0) is 6.67 Å². The van der Waals surface area contributed by atoms with Gasteiger partial charge in [-0.15, -0.1) is 0 Å². The predicted molar refractivity (Wildman–Crippen MR) is 95.2 cm³/mol. The summed E-state index contributed by atoms with van der Waals surface area (Å²) in [6.45, 7) is 0.615. The van der Waals surface area contributed by atoms with Gasteiger partial charge in [-0.25, -0.2) is 10.1 Å². The van der Waals surface area contributed by atoms with Gasteiger partial charge in [0.2, 0.25) is 6.79 Å². The Hall–Kier alpha value is -3.14. The smallest absolute Gasteiger partial charge is 0.291 e. The van der Waals surface area contributed by atoms with Crippen LogP contribution in [0.15, 0.2) is 52.4 Å². The molecule has 132 valence electrons. The summed E-state index contributed by atoms with van der Waals surface area (Å²) in [6, 6.07) is 7.01. The maximum absolute atomic E-state index is 12.1. The predicted octanol–water partition coefficient (Wildman–Crippen LogP) is 1.84. The number of hydrogen-bond acceptors (Lipinski definition) is 6. The van der Waals surface area contributed by atoms with E-state index in [1.54, 1.807) is 40.0 Å². The van der Waals surface area contributed by atoms with Gasteiger partial charge in [-0.05, 0) is 45.8 Å². The van der Waals surface area contributed by atoms with E-state index in [1.165, 1.54) is 6.21 Å². The zero-order valence-corrected chi connectivity index (χ0v) is 15.0. The molecule has 0 fully saturated rings. The number of amides is 1. The Balaban J connectivity index is 1.36. The number of carbonyl (C=O) groups is 1. The molecular formula is C16H13BrN6O3. The van der Waals surface area contributed by atoms with Gasteiger partial charge in [0.05, 0.1) is 16.9 Å². The number of hydrazone groups is 1. The first-order chi connectivity index (χ1) is 12.7. The fourth-order valence-corrected chi connectivity index (χ4v) is 2.67. The van der Waals surface area contributed by atoms with E-state index in [4.69, 9.17) is 9.47 Å². The van der Waals surface area contributed by atoms with Gasteiger partial charge in [-0.1, -0.05) is 0 Å². The number of carbonyl (C=O) groups excluding carboxylic acids is 1. The molecule has 0 aliphatic carbocycles. The van der Waals surface area contributed by atoms with E-state index in [0.29, 0.717) is 18.2 Å². The minimum absolute atomic E-state index is 0.213. The SMILES string of the molecule is O=C(N/N=C\c1ccc2c(c1)OCO2)c1ccn(Cn2cc(Br)cn2)n1. The van der Waals surface area contributed by atoms with Crippen LogP contribution in [0, 0.1) is 0 Å². The fourth-order valence-electron chi connectivity index (χ4n) is 2.34. The van der Waals surface area contributed by atoms with E-state index in [0.717, 1.165) is 10.0 Å². The Morgan fingerprint density at radius 1 is 1.31 bits per heavy atom. The fraction of sp³-hybridized carbons (Fsp3) is 0.125. The summed E-state index contributed by atoms with van der Waals surface area (Å²) in [5.41, 5.74) is 3.49. The molecule has 0 saturated heterocycles. The average Bonchev–Trinajstić information content (AvgIpc) is 3.36. The first-order valence-electron chi connectivity index (χ1n) is 7.62. The summed E-state index contributed by atoms with van der Waals surface area (Å²) in [6.07, 6.45) is 6.73. The van der Waals surface area contributed by atoms with Crippen molar-refractivity contribution in [2.75, 3.05) is 6.79 Å². The molecule has 0 radical (unpaired) electrons. The van der Waals surface area contributed by atoms with E-state index in [2.05, 4.69) is 36.7 Å². The summed E-state index contributed by atoms with van der Waals surface area (Å²) in [5, 5.41) is 12.3. The van der Waals surface area contributed by atoms with Crippen molar-refractivity contribution in [2.24, 2.45) is 5.10 Å². The lowest BCUT2D eigenvalue weighted by Crippen LogP contribution is -2.19. The highest BCUT2D eigenvalue weighted by atomic mass is 79.9. The van der Waals surface area contributed by atoms with Gasteiger partial charge >= 0.3 is 0 Å². The zero-order valence-electron chi connectivity index (χ0n) is 13.4. The largest absolute Gasteiger partial charge is 0.454 e. The van der Waals surface area contributed by atoms with E-state index >= 15 is 0 Å². The molecule has 0 unspecified atom stereocenters. The summed E-state index contributed by atoms with van der Waals surface area (Å²) in [4.78, 5) is 12.1. The van der Waals surface area contributed by atoms with Crippen molar-refractivity contribution in [3.05, 3.63) is 58.6 Å². The normalized spacial score (nSPS) is 12.7. The van der Waals surface area contributed by atoms with Crippen molar-refractivity contribution in [2.45, 2.75) is 6.67 Å². The first kappa shape index (κ1) is 16.3. The second kappa shape index (κ2) is 7.00. The van der Waals surface area contributed by atoms with Gasteiger partial charge in [0.1, 0.15) is 6.67 Å². The molecule has 0 spiro atoms. The first-order valence-corrected chi connectivity index (χ1v) is 8.41. The number of ether oxygens (including phenoxy) is 2. The van der Waals surface area contributed by atoms with Crippen LogP contribution in [0.3, 0.4) is 0 Å².